The first-order valence-electron chi connectivity index (χ1n) is 6.69. The van der Waals surface area contributed by atoms with Crippen molar-refractivity contribution in [3.05, 3.63) is 24.3 Å². The Morgan fingerprint density at radius 2 is 2.15 bits per heavy atom. The molecule has 2 rings (SSSR count). The fraction of sp³-hybridized carbons (Fsp3) is 0.538. The minimum Gasteiger partial charge on any atom is -0.481 e. The van der Waals surface area contributed by atoms with Crippen LogP contribution in [0.5, 0.6) is 0 Å². The highest BCUT2D eigenvalue weighted by Gasteiger charge is 2.31. The summed E-state index contributed by atoms with van der Waals surface area (Å²) in [6.07, 6.45) is 6.18. The third kappa shape index (κ3) is 3.91. The van der Waals surface area contributed by atoms with E-state index in [1.165, 1.54) is 6.33 Å². The maximum atomic E-state index is 11.8. The Balaban J connectivity index is 1.82. The van der Waals surface area contributed by atoms with Crippen LogP contribution in [0.3, 0.4) is 0 Å². The second-order valence-electron chi connectivity index (χ2n) is 4.86. The number of hydrogen-bond acceptors (Lipinski definition) is 4. The molecule has 1 heterocycles. The van der Waals surface area contributed by atoms with Crippen LogP contribution in [0, 0.1) is 5.92 Å². The summed E-state index contributed by atoms with van der Waals surface area (Å²) in [5.41, 5.74) is 0.702. The van der Waals surface area contributed by atoms with E-state index in [9.17, 15) is 9.59 Å². The van der Waals surface area contributed by atoms with Gasteiger partial charge in [-0.1, -0.05) is 12.8 Å². The number of rotatable bonds is 4. The van der Waals surface area contributed by atoms with E-state index in [0.717, 1.165) is 12.8 Å². The van der Waals surface area contributed by atoms with Crippen molar-refractivity contribution in [2.24, 2.45) is 5.92 Å². The van der Waals surface area contributed by atoms with E-state index in [1.54, 1.807) is 12.3 Å². The normalized spacial score (nSPS) is 22.0. The maximum absolute atomic E-state index is 11.8. The number of carboxylic acids is 1. The molecule has 0 spiro atoms. The highest BCUT2D eigenvalue weighted by Crippen LogP contribution is 2.24. The lowest BCUT2D eigenvalue weighted by Crippen LogP contribution is -2.48. The first-order valence-corrected chi connectivity index (χ1v) is 6.69. The van der Waals surface area contributed by atoms with Crippen molar-refractivity contribution in [1.82, 2.24) is 20.6 Å². The van der Waals surface area contributed by atoms with Crippen LogP contribution in [0.1, 0.15) is 31.4 Å². The van der Waals surface area contributed by atoms with Crippen LogP contribution in [-0.2, 0) is 11.3 Å². The lowest BCUT2D eigenvalue weighted by molar-refractivity contribution is -0.143. The minimum atomic E-state index is -0.842. The summed E-state index contributed by atoms with van der Waals surface area (Å²) in [4.78, 5) is 30.7. The highest BCUT2D eigenvalue weighted by atomic mass is 16.4. The zero-order chi connectivity index (χ0) is 14.4. The fourth-order valence-electron chi connectivity index (χ4n) is 2.41. The number of amides is 2. The molecule has 108 valence electrons. The van der Waals surface area contributed by atoms with Gasteiger partial charge in [0.05, 0.1) is 18.2 Å². The molecule has 0 aromatic carbocycles. The van der Waals surface area contributed by atoms with Crippen molar-refractivity contribution >= 4 is 12.0 Å². The summed E-state index contributed by atoms with van der Waals surface area (Å²) in [5.74, 6) is -1.33. The van der Waals surface area contributed by atoms with Gasteiger partial charge in [-0.2, -0.15) is 0 Å². The van der Waals surface area contributed by atoms with Crippen molar-refractivity contribution in [3.8, 4) is 0 Å². The Morgan fingerprint density at radius 1 is 1.35 bits per heavy atom. The molecule has 0 aliphatic heterocycles. The number of hydrogen-bond donors (Lipinski definition) is 3. The smallest absolute Gasteiger partial charge is 0.315 e. The van der Waals surface area contributed by atoms with Crippen LogP contribution < -0.4 is 10.6 Å². The first-order chi connectivity index (χ1) is 9.66. The summed E-state index contributed by atoms with van der Waals surface area (Å²) < 4.78 is 0. The standard InChI is InChI=1S/C13H18N4O3/c18-12(19)10-3-1-2-4-11(10)17-13(20)15-7-9-5-6-14-8-16-9/h5-6,8,10-11H,1-4,7H2,(H,18,19)(H2,15,17,20). The number of carbonyl (C=O) groups is 2. The van der Waals surface area contributed by atoms with E-state index in [0.29, 0.717) is 25.1 Å². The molecule has 2 amide bonds. The third-order valence-corrected chi connectivity index (χ3v) is 3.47. The Labute approximate surface area is 116 Å². The van der Waals surface area contributed by atoms with Gasteiger partial charge in [0.2, 0.25) is 0 Å². The van der Waals surface area contributed by atoms with Crippen LogP contribution in [-0.4, -0.2) is 33.1 Å². The molecule has 0 radical (unpaired) electrons. The molecule has 1 aromatic heterocycles. The minimum absolute atomic E-state index is 0.290. The largest absolute Gasteiger partial charge is 0.481 e. The molecule has 1 aliphatic carbocycles. The molecule has 7 nitrogen and oxygen atoms in total. The Morgan fingerprint density at radius 3 is 2.85 bits per heavy atom. The molecule has 1 aliphatic rings. The van der Waals surface area contributed by atoms with Crippen LogP contribution in [0.4, 0.5) is 4.79 Å². The van der Waals surface area contributed by atoms with Crippen molar-refractivity contribution in [2.45, 2.75) is 38.3 Å². The number of carbonyl (C=O) groups excluding carboxylic acids is 1. The summed E-state index contributed by atoms with van der Waals surface area (Å²) in [6.45, 7) is 0.290. The van der Waals surface area contributed by atoms with Gasteiger partial charge in [0.1, 0.15) is 6.33 Å². The van der Waals surface area contributed by atoms with E-state index < -0.39 is 11.9 Å². The first kappa shape index (κ1) is 14.2. The summed E-state index contributed by atoms with van der Waals surface area (Å²) in [5, 5.41) is 14.6. The summed E-state index contributed by atoms with van der Waals surface area (Å²) in [6, 6.07) is 1.05. The molecule has 3 N–H and O–H groups in total. The monoisotopic (exact) mass is 278 g/mol. The van der Waals surface area contributed by atoms with Crippen LogP contribution >= 0.6 is 0 Å². The predicted octanol–water partition coefficient (Wildman–Crippen LogP) is 0.919. The molecule has 1 saturated carbocycles. The van der Waals surface area contributed by atoms with Gasteiger partial charge in [0.25, 0.3) is 0 Å². The van der Waals surface area contributed by atoms with Gasteiger partial charge in [-0.05, 0) is 18.9 Å². The molecule has 0 bridgehead atoms. The van der Waals surface area contributed by atoms with Gasteiger partial charge in [-0.25, -0.2) is 14.8 Å². The van der Waals surface area contributed by atoms with E-state index >= 15 is 0 Å². The predicted molar refractivity (Wildman–Crippen MR) is 70.8 cm³/mol. The quantitative estimate of drug-likeness (QED) is 0.759. The van der Waals surface area contributed by atoms with Crippen molar-refractivity contribution in [2.75, 3.05) is 0 Å². The average molecular weight is 278 g/mol. The van der Waals surface area contributed by atoms with Crippen LogP contribution in [0.25, 0.3) is 0 Å². The van der Waals surface area contributed by atoms with Crippen molar-refractivity contribution in [3.63, 3.8) is 0 Å². The number of aliphatic carboxylic acids is 1. The fourth-order valence-corrected chi connectivity index (χ4v) is 2.41. The molecule has 2 atom stereocenters. The molecular weight excluding hydrogens is 260 g/mol. The molecule has 1 fully saturated rings. The van der Waals surface area contributed by atoms with Gasteiger partial charge in [0.15, 0.2) is 0 Å². The molecule has 1 aromatic rings. The number of nitrogens with one attached hydrogen (secondary N) is 2. The lowest BCUT2D eigenvalue weighted by Gasteiger charge is -2.29. The average Bonchev–Trinajstić information content (AvgIpc) is 2.46. The Bertz CT molecular complexity index is 466. The van der Waals surface area contributed by atoms with E-state index in [2.05, 4.69) is 20.6 Å². The second-order valence-corrected chi connectivity index (χ2v) is 4.86. The van der Waals surface area contributed by atoms with Crippen LogP contribution in [0.15, 0.2) is 18.6 Å². The third-order valence-electron chi connectivity index (χ3n) is 3.47. The van der Waals surface area contributed by atoms with Crippen molar-refractivity contribution in [1.29, 1.82) is 0 Å². The topological polar surface area (TPSA) is 104 Å². The molecular formula is C13H18N4O3. The van der Waals surface area contributed by atoms with Gasteiger partial charge in [-0.15, -0.1) is 0 Å². The van der Waals surface area contributed by atoms with Gasteiger partial charge in [0, 0.05) is 12.2 Å². The van der Waals surface area contributed by atoms with Gasteiger partial charge in [-0.3, -0.25) is 4.79 Å². The zero-order valence-corrected chi connectivity index (χ0v) is 11.1. The highest BCUT2D eigenvalue weighted by molar-refractivity contribution is 5.76. The number of carboxylic acid groups (broad SMARTS) is 1. The van der Waals surface area contributed by atoms with Crippen molar-refractivity contribution < 1.29 is 14.7 Å². The van der Waals surface area contributed by atoms with Gasteiger partial charge < -0.3 is 15.7 Å². The maximum Gasteiger partial charge on any atom is 0.315 e. The zero-order valence-electron chi connectivity index (χ0n) is 11.1. The second kappa shape index (κ2) is 6.83. The molecule has 2 unspecified atom stereocenters. The van der Waals surface area contributed by atoms with Gasteiger partial charge >= 0.3 is 12.0 Å². The Kier molecular flexibility index (Phi) is 4.86. The number of aromatic nitrogens is 2. The van der Waals surface area contributed by atoms with Crippen LogP contribution in [0.2, 0.25) is 0 Å². The van der Waals surface area contributed by atoms with E-state index in [1.807, 2.05) is 0 Å². The molecule has 0 saturated heterocycles. The summed E-state index contributed by atoms with van der Waals surface area (Å²) in [7, 11) is 0. The SMILES string of the molecule is O=C(NCc1ccncn1)NC1CCCCC1C(=O)O. The van der Waals surface area contributed by atoms with E-state index in [-0.39, 0.29) is 12.1 Å². The molecule has 7 heteroatoms. The Hall–Kier alpha value is -2.18. The summed E-state index contributed by atoms with van der Waals surface area (Å²) >= 11 is 0. The number of urea groups is 1. The van der Waals surface area contributed by atoms with E-state index in [4.69, 9.17) is 5.11 Å². The lowest BCUT2D eigenvalue weighted by atomic mass is 9.84. The molecule has 20 heavy (non-hydrogen) atoms. The number of nitrogens with zero attached hydrogens (tertiary/aromatic N) is 2.